The number of benzene rings is 3. The lowest BCUT2D eigenvalue weighted by molar-refractivity contribution is -0.384. The van der Waals surface area contributed by atoms with E-state index in [1.54, 1.807) is 30.3 Å². The molecule has 3 aromatic carbocycles. The van der Waals surface area contributed by atoms with Crippen molar-refractivity contribution in [2.24, 2.45) is 5.10 Å². The molecule has 33 heavy (non-hydrogen) atoms. The van der Waals surface area contributed by atoms with Crippen LogP contribution < -0.4 is 10.2 Å². The second kappa shape index (κ2) is 9.73. The van der Waals surface area contributed by atoms with Crippen molar-refractivity contribution >= 4 is 23.8 Å². The van der Waals surface area contributed by atoms with E-state index < -0.39 is 28.5 Å². The van der Waals surface area contributed by atoms with Crippen LogP contribution in [0.2, 0.25) is 0 Å². The number of hydrogen-bond donors (Lipinski definition) is 1. The first-order chi connectivity index (χ1) is 15.6. The number of nitro groups is 1. The van der Waals surface area contributed by atoms with Gasteiger partial charge in [-0.3, -0.25) is 14.9 Å². The van der Waals surface area contributed by atoms with Crippen molar-refractivity contribution in [1.82, 2.24) is 5.43 Å². The fourth-order valence-corrected chi connectivity index (χ4v) is 2.64. The summed E-state index contributed by atoms with van der Waals surface area (Å²) in [6, 6.07) is 14.9. The van der Waals surface area contributed by atoms with Gasteiger partial charge in [0.2, 0.25) is 0 Å². The molecule has 0 unspecified atom stereocenters. The maximum absolute atomic E-state index is 12.9. The molecule has 0 aromatic heterocycles. The van der Waals surface area contributed by atoms with Crippen LogP contribution in [0.4, 0.5) is 18.9 Å². The lowest BCUT2D eigenvalue weighted by atomic mass is 10.1. The molecule has 0 atom stereocenters. The molecule has 0 saturated carbocycles. The number of ether oxygens (including phenoxy) is 1. The quantitative estimate of drug-likeness (QED) is 0.191. The average Bonchev–Trinajstić information content (AvgIpc) is 2.80. The number of nitrogens with zero attached hydrogens (tertiary/aromatic N) is 2. The van der Waals surface area contributed by atoms with Gasteiger partial charge in [-0.1, -0.05) is 24.3 Å². The highest BCUT2D eigenvalue weighted by Gasteiger charge is 2.31. The van der Waals surface area contributed by atoms with Gasteiger partial charge in [-0.05, 0) is 36.4 Å². The Hall–Kier alpha value is -4.54. The summed E-state index contributed by atoms with van der Waals surface area (Å²) in [5.41, 5.74) is 0.716. The first kappa shape index (κ1) is 23.1. The monoisotopic (exact) mass is 457 g/mol. The van der Waals surface area contributed by atoms with E-state index in [2.05, 4.69) is 10.5 Å². The van der Waals surface area contributed by atoms with Gasteiger partial charge in [0.25, 0.3) is 11.6 Å². The average molecular weight is 457 g/mol. The minimum atomic E-state index is -4.65. The number of halogens is 3. The van der Waals surface area contributed by atoms with E-state index in [4.69, 9.17) is 4.74 Å². The van der Waals surface area contributed by atoms with Crippen LogP contribution in [0.15, 0.2) is 77.9 Å². The largest absolute Gasteiger partial charge is 0.422 e. The summed E-state index contributed by atoms with van der Waals surface area (Å²) in [4.78, 5) is 34.8. The molecule has 0 heterocycles. The van der Waals surface area contributed by atoms with Crippen LogP contribution in [-0.4, -0.2) is 23.0 Å². The number of carbonyl (C=O) groups is 2. The standard InChI is InChI=1S/C22H14F3N3O5/c23-22(24,25)17-8-4-7-15(11-17)21(30)33-19-10-9-18(28(31)32)12-16(19)13-26-27-20(29)14-5-2-1-3-6-14/h1-13H,(H,27,29)/b26-13+. The van der Waals surface area contributed by atoms with Crippen molar-refractivity contribution in [3.8, 4) is 5.75 Å². The molecular formula is C22H14F3N3O5. The molecule has 3 rings (SSSR count). The maximum Gasteiger partial charge on any atom is 0.416 e. The molecule has 0 spiro atoms. The third-order valence-corrected chi connectivity index (χ3v) is 4.24. The SMILES string of the molecule is O=C(N/N=C/c1cc([N+](=O)[O-])ccc1OC(=O)c1cccc(C(F)(F)F)c1)c1ccccc1. The predicted molar refractivity (Wildman–Crippen MR) is 111 cm³/mol. The van der Waals surface area contributed by atoms with E-state index in [0.29, 0.717) is 11.6 Å². The van der Waals surface area contributed by atoms with E-state index in [1.807, 2.05) is 0 Å². The molecule has 3 aromatic rings. The lowest BCUT2D eigenvalue weighted by Crippen LogP contribution is -2.17. The zero-order valence-electron chi connectivity index (χ0n) is 16.6. The number of hydrazone groups is 1. The number of nitrogens with one attached hydrogen (secondary N) is 1. The summed E-state index contributed by atoms with van der Waals surface area (Å²) in [5, 5.41) is 14.8. The molecule has 0 aliphatic heterocycles. The molecule has 11 heteroatoms. The molecule has 168 valence electrons. The smallest absolute Gasteiger partial charge is 0.416 e. The highest BCUT2D eigenvalue weighted by Crippen LogP contribution is 2.30. The third kappa shape index (κ3) is 6.00. The fraction of sp³-hybridized carbons (Fsp3) is 0.0455. The molecule has 1 amide bonds. The van der Waals surface area contributed by atoms with Gasteiger partial charge in [0.15, 0.2) is 0 Å². The topological polar surface area (TPSA) is 111 Å². The highest BCUT2D eigenvalue weighted by atomic mass is 19.4. The first-order valence-electron chi connectivity index (χ1n) is 9.21. The fourth-order valence-electron chi connectivity index (χ4n) is 2.64. The number of nitro benzene ring substituents is 1. The maximum atomic E-state index is 12.9. The molecule has 8 nitrogen and oxygen atoms in total. The first-order valence-corrected chi connectivity index (χ1v) is 9.21. The molecule has 1 N–H and O–H groups in total. The molecule has 0 aliphatic carbocycles. The minimum absolute atomic E-state index is 0.0575. The molecule has 0 fully saturated rings. The molecule has 0 aliphatic rings. The number of esters is 1. The van der Waals surface area contributed by atoms with Crippen molar-refractivity contribution < 1.29 is 32.4 Å². The van der Waals surface area contributed by atoms with Crippen LogP contribution in [-0.2, 0) is 6.18 Å². The number of rotatable bonds is 6. The van der Waals surface area contributed by atoms with Crippen molar-refractivity contribution in [1.29, 1.82) is 0 Å². The molecular weight excluding hydrogens is 443 g/mol. The van der Waals surface area contributed by atoms with E-state index in [-0.39, 0.29) is 22.6 Å². The van der Waals surface area contributed by atoms with Crippen molar-refractivity contribution in [3.05, 3.63) is 105 Å². The van der Waals surface area contributed by atoms with Crippen LogP contribution in [0.3, 0.4) is 0 Å². The van der Waals surface area contributed by atoms with Gasteiger partial charge in [-0.2, -0.15) is 18.3 Å². The van der Waals surface area contributed by atoms with Gasteiger partial charge in [0.1, 0.15) is 5.75 Å². The minimum Gasteiger partial charge on any atom is -0.422 e. The van der Waals surface area contributed by atoms with Gasteiger partial charge in [0, 0.05) is 23.3 Å². The number of non-ortho nitro benzene ring substituents is 1. The van der Waals surface area contributed by atoms with Crippen LogP contribution in [0.5, 0.6) is 5.75 Å². The lowest BCUT2D eigenvalue weighted by Gasteiger charge is -2.10. The third-order valence-electron chi connectivity index (χ3n) is 4.24. The van der Waals surface area contributed by atoms with E-state index >= 15 is 0 Å². The highest BCUT2D eigenvalue weighted by molar-refractivity contribution is 5.96. The van der Waals surface area contributed by atoms with Crippen LogP contribution in [0.25, 0.3) is 0 Å². The summed E-state index contributed by atoms with van der Waals surface area (Å²) in [5.74, 6) is -1.88. The Morgan fingerprint density at radius 2 is 1.67 bits per heavy atom. The molecule has 0 bridgehead atoms. The molecule has 0 saturated heterocycles. The van der Waals surface area contributed by atoms with Gasteiger partial charge in [-0.25, -0.2) is 10.2 Å². The second-order valence-electron chi connectivity index (χ2n) is 6.51. The second-order valence-corrected chi connectivity index (χ2v) is 6.51. The predicted octanol–water partition coefficient (Wildman–Crippen LogP) is 4.60. The normalized spacial score (nSPS) is 11.2. The van der Waals surface area contributed by atoms with Crippen molar-refractivity contribution in [2.45, 2.75) is 6.18 Å². The summed E-state index contributed by atoms with van der Waals surface area (Å²) in [6.07, 6.45) is -3.64. The Morgan fingerprint density at radius 3 is 2.33 bits per heavy atom. The number of amides is 1. The Kier molecular flexibility index (Phi) is 6.82. The van der Waals surface area contributed by atoms with Crippen LogP contribution in [0, 0.1) is 10.1 Å². The summed E-state index contributed by atoms with van der Waals surface area (Å²) >= 11 is 0. The Balaban J connectivity index is 1.84. The Morgan fingerprint density at radius 1 is 0.970 bits per heavy atom. The Bertz CT molecular complexity index is 1230. The number of carbonyl (C=O) groups excluding carboxylic acids is 2. The van der Waals surface area contributed by atoms with E-state index in [9.17, 15) is 32.9 Å². The van der Waals surface area contributed by atoms with E-state index in [1.165, 1.54) is 0 Å². The van der Waals surface area contributed by atoms with Gasteiger partial charge >= 0.3 is 12.1 Å². The summed E-state index contributed by atoms with van der Waals surface area (Å²) < 4.78 is 43.8. The zero-order chi connectivity index (χ0) is 24.0. The number of hydrogen-bond acceptors (Lipinski definition) is 6. The van der Waals surface area contributed by atoms with Gasteiger partial charge in [0.05, 0.1) is 22.3 Å². The molecule has 0 radical (unpaired) electrons. The number of alkyl halides is 3. The van der Waals surface area contributed by atoms with Crippen molar-refractivity contribution in [3.63, 3.8) is 0 Å². The zero-order valence-corrected chi connectivity index (χ0v) is 16.6. The summed E-state index contributed by atoms with van der Waals surface area (Å²) in [6.45, 7) is 0. The summed E-state index contributed by atoms with van der Waals surface area (Å²) in [7, 11) is 0. The van der Waals surface area contributed by atoms with E-state index in [0.717, 1.165) is 42.6 Å². The van der Waals surface area contributed by atoms with Crippen LogP contribution >= 0.6 is 0 Å². The van der Waals surface area contributed by atoms with Gasteiger partial charge in [-0.15, -0.1) is 0 Å². The Labute approximate surface area is 184 Å². The van der Waals surface area contributed by atoms with Gasteiger partial charge < -0.3 is 4.74 Å². The van der Waals surface area contributed by atoms with Crippen LogP contribution in [0.1, 0.15) is 31.8 Å². The van der Waals surface area contributed by atoms with Crippen molar-refractivity contribution in [2.75, 3.05) is 0 Å².